The zero-order chi connectivity index (χ0) is 21.9. The molecule has 0 bridgehead atoms. The molecule has 1 unspecified atom stereocenters. The monoisotopic (exact) mass is 422 g/mol. The molecule has 0 heterocycles. The number of unbranched alkanes of at least 4 members (excludes halogenated alkanes) is 8. The lowest BCUT2D eigenvalue weighted by atomic mass is 9.92. The minimum atomic E-state index is -2.70. The topological polar surface area (TPSA) is 60.7 Å². The highest BCUT2D eigenvalue weighted by atomic mass is 19.2. The van der Waals surface area contributed by atoms with Gasteiger partial charge in [-0.2, -0.15) is 0 Å². The van der Waals surface area contributed by atoms with E-state index < -0.39 is 35.2 Å². The minimum absolute atomic E-state index is 0.0884. The molecule has 1 aromatic rings. The molecule has 0 saturated carbocycles. The fourth-order valence-electron chi connectivity index (χ4n) is 3.57. The summed E-state index contributed by atoms with van der Waals surface area (Å²) in [5.41, 5.74) is -0.192. The molecule has 0 radical (unpaired) electrons. The van der Waals surface area contributed by atoms with Gasteiger partial charge in [0.15, 0.2) is 23.3 Å². The van der Waals surface area contributed by atoms with Crippen molar-refractivity contribution in [1.82, 2.24) is 0 Å². The molecule has 3 N–H and O–H groups in total. The van der Waals surface area contributed by atoms with E-state index in [9.17, 15) is 32.9 Å². The van der Waals surface area contributed by atoms with E-state index in [1.54, 1.807) is 0 Å². The van der Waals surface area contributed by atoms with Crippen molar-refractivity contribution in [2.45, 2.75) is 96.4 Å². The van der Waals surface area contributed by atoms with Crippen LogP contribution in [0.1, 0.15) is 89.5 Å². The summed E-state index contributed by atoms with van der Waals surface area (Å²) in [4.78, 5) is 0. The molecule has 0 fully saturated rings. The highest BCUT2D eigenvalue weighted by Crippen LogP contribution is 2.26. The Morgan fingerprint density at radius 2 is 1.24 bits per heavy atom. The van der Waals surface area contributed by atoms with Crippen molar-refractivity contribution in [2.24, 2.45) is 5.92 Å². The third-order valence-corrected chi connectivity index (χ3v) is 5.38. The lowest BCUT2D eigenvalue weighted by Crippen LogP contribution is -2.37. The maximum absolute atomic E-state index is 13.6. The van der Waals surface area contributed by atoms with Gasteiger partial charge in [0.2, 0.25) is 0 Å². The molecule has 0 saturated heterocycles. The molecular weight excluding hydrogens is 388 g/mol. The Kier molecular flexibility index (Phi) is 11.8. The van der Waals surface area contributed by atoms with Crippen LogP contribution in [0.15, 0.2) is 6.07 Å². The van der Waals surface area contributed by atoms with Crippen molar-refractivity contribution in [3.8, 4) is 0 Å². The molecule has 0 aliphatic heterocycles. The maximum atomic E-state index is 13.6. The van der Waals surface area contributed by atoms with Crippen LogP contribution in [0.5, 0.6) is 0 Å². The SMILES string of the molecule is CCCCCCCCC(CCCCCCc1cc(F)c(F)c(F)c1F)C(O)(O)O. The Bertz CT molecular complexity index is 603. The first kappa shape index (κ1) is 25.9. The Morgan fingerprint density at radius 3 is 1.79 bits per heavy atom. The highest BCUT2D eigenvalue weighted by molar-refractivity contribution is 5.21. The molecule has 3 nitrogen and oxygen atoms in total. The first-order chi connectivity index (χ1) is 13.7. The summed E-state index contributed by atoms with van der Waals surface area (Å²) in [5, 5.41) is 28.6. The van der Waals surface area contributed by atoms with E-state index in [2.05, 4.69) is 6.92 Å². The second-order valence-corrected chi connectivity index (χ2v) is 7.85. The second kappa shape index (κ2) is 13.2. The fraction of sp³-hybridized carbons (Fsp3) is 0.727. The van der Waals surface area contributed by atoms with Crippen LogP contribution >= 0.6 is 0 Å². The predicted octanol–water partition coefficient (Wildman–Crippen LogP) is 5.73. The second-order valence-electron chi connectivity index (χ2n) is 7.85. The van der Waals surface area contributed by atoms with Gasteiger partial charge in [0.25, 0.3) is 5.97 Å². The van der Waals surface area contributed by atoms with Crippen LogP contribution in [-0.2, 0) is 6.42 Å². The zero-order valence-electron chi connectivity index (χ0n) is 17.2. The van der Waals surface area contributed by atoms with Gasteiger partial charge in [0.05, 0.1) is 0 Å². The quantitative estimate of drug-likeness (QED) is 0.111. The highest BCUT2D eigenvalue weighted by Gasteiger charge is 2.30. The number of hydrogen-bond donors (Lipinski definition) is 3. The van der Waals surface area contributed by atoms with Crippen molar-refractivity contribution in [3.63, 3.8) is 0 Å². The molecule has 0 spiro atoms. The standard InChI is InChI=1S/C22H34F4O3/c1-2-3-4-5-6-10-13-17(22(27,28)29)14-11-8-7-9-12-16-15-18(23)20(25)21(26)19(16)24/h15,17,27-29H,2-14H2,1H3. The Labute approximate surface area is 170 Å². The first-order valence-corrected chi connectivity index (χ1v) is 10.7. The molecule has 0 aliphatic rings. The minimum Gasteiger partial charge on any atom is -0.343 e. The number of halogens is 4. The zero-order valence-corrected chi connectivity index (χ0v) is 17.2. The van der Waals surface area contributed by atoms with Gasteiger partial charge in [-0.1, -0.05) is 64.7 Å². The lowest BCUT2D eigenvalue weighted by molar-refractivity contribution is -0.344. The largest absolute Gasteiger partial charge is 0.343 e. The van der Waals surface area contributed by atoms with Crippen molar-refractivity contribution >= 4 is 0 Å². The van der Waals surface area contributed by atoms with Crippen LogP contribution in [0, 0.1) is 29.2 Å². The molecule has 1 aromatic carbocycles. The van der Waals surface area contributed by atoms with E-state index in [1.807, 2.05) is 0 Å². The molecule has 0 aliphatic carbocycles. The smallest absolute Gasteiger partial charge is 0.278 e. The molecule has 1 rings (SSSR count). The van der Waals surface area contributed by atoms with Gasteiger partial charge >= 0.3 is 0 Å². The van der Waals surface area contributed by atoms with Crippen molar-refractivity contribution in [3.05, 3.63) is 34.9 Å². The van der Waals surface area contributed by atoms with E-state index in [-0.39, 0.29) is 12.0 Å². The third-order valence-electron chi connectivity index (χ3n) is 5.38. The molecule has 168 valence electrons. The number of aliphatic hydroxyl groups is 3. The average molecular weight is 423 g/mol. The summed E-state index contributed by atoms with van der Waals surface area (Å²) in [5.74, 6) is -9.68. The van der Waals surface area contributed by atoms with Crippen molar-refractivity contribution in [2.75, 3.05) is 0 Å². The van der Waals surface area contributed by atoms with Gasteiger partial charge in [-0.3, -0.25) is 0 Å². The molecular formula is C22H34F4O3. The Balaban J connectivity index is 2.30. The van der Waals surface area contributed by atoms with Gasteiger partial charge in [-0.05, 0) is 37.3 Å². The maximum Gasteiger partial charge on any atom is 0.278 e. The number of aryl methyl sites for hydroxylation is 1. The van der Waals surface area contributed by atoms with E-state index in [1.165, 1.54) is 6.42 Å². The summed E-state index contributed by atoms with van der Waals surface area (Å²) in [7, 11) is 0. The Hall–Kier alpha value is -1.18. The Morgan fingerprint density at radius 1 is 0.724 bits per heavy atom. The van der Waals surface area contributed by atoms with Crippen LogP contribution in [0.3, 0.4) is 0 Å². The first-order valence-electron chi connectivity index (χ1n) is 10.7. The van der Waals surface area contributed by atoms with Crippen LogP contribution in [-0.4, -0.2) is 21.3 Å². The molecule has 7 heteroatoms. The third kappa shape index (κ3) is 9.45. The normalized spacial score (nSPS) is 13.1. The van der Waals surface area contributed by atoms with Gasteiger partial charge in [-0.15, -0.1) is 0 Å². The number of rotatable bonds is 15. The van der Waals surface area contributed by atoms with Crippen molar-refractivity contribution in [1.29, 1.82) is 0 Å². The number of hydrogen-bond acceptors (Lipinski definition) is 3. The van der Waals surface area contributed by atoms with E-state index >= 15 is 0 Å². The number of benzene rings is 1. The van der Waals surface area contributed by atoms with E-state index in [0.29, 0.717) is 44.6 Å². The molecule has 1 atom stereocenters. The summed E-state index contributed by atoms with van der Waals surface area (Å²) in [6.45, 7) is 2.14. The van der Waals surface area contributed by atoms with Gasteiger partial charge < -0.3 is 15.3 Å². The predicted molar refractivity (Wildman–Crippen MR) is 104 cm³/mol. The van der Waals surface area contributed by atoms with Crippen molar-refractivity contribution < 1.29 is 32.9 Å². The molecule has 29 heavy (non-hydrogen) atoms. The molecule has 0 aromatic heterocycles. The summed E-state index contributed by atoms with van der Waals surface area (Å²) < 4.78 is 52.9. The van der Waals surface area contributed by atoms with E-state index in [0.717, 1.165) is 32.1 Å². The van der Waals surface area contributed by atoms with Gasteiger partial charge in [-0.25, -0.2) is 17.6 Å². The van der Waals surface area contributed by atoms with Crippen LogP contribution in [0.25, 0.3) is 0 Å². The summed E-state index contributed by atoms with van der Waals surface area (Å²) in [6, 6.07) is 0.682. The van der Waals surface area contributed by atoms with Crippen LogP contribution in [0.2, 0.25) is 0 Å². The van der Waals surface area contributed by atoms with Gasteiger partial charge in [0.1, 0.15) is 0 Å². The van der Waals surface area contributed by atoms with Gasteiger partial charge in [0, 0.05) is 5.92 Å². The van der Waals surface area contributed by atoms with Crippen LogP contribution < -0.4 is 0 Å². The van der Waals surface area contributed by atoms with Crippen LogP contribution in [0.4, 0.5) is 17.6 Å². The van der Waals surface area contributed by atoms with E-state index in [4.69, 9.17) is 0 Å². The summed E-state index contributed by atoms with van der Waals surface area (Å²) >= 11 is 0. The molecule has 0 amide bonds. The lowest BCUT2D eigenvalue weighted by Gasteiger charge is -2.26. The summed E-state index contributed by atoms with van der Waals surface area (Å²) in [6.07, 6.45) is 9.89. The average Bonchev–Trinajstić information content (AvgIpc) is 2.66. The fourth-order valence-corrected chi connectivity index (χ4v) is 3.57.